The van der Waals surface area contributed by atoms with Gasteiger partial charge in [-0.25, -0.2) is 4.98 Å². The van der Waals surface area contributed by atoms with Gasteiger partial charge in [-0.3, -0.25) is 4.79 Å². The maximum atomic E-state index is 12.7. The Bertz CT molecular complexity index is 529. The quantitative estimate of drug-likeness (QED) is 0.868. The molecule has 1 aromatic rings. The summed E-state index contributed by atoms with van der Waals surface area (Å²) in [4.78, 5) is 19.3. The summed E-state index contributed by atoms with van der Waals surface area (Å²) in [5, 5.41) is 3.52. The van der Waals surface area contributed by atoms with Crippen LogP contribution in [0.25, 0.3) is 0 Å². The van der Waals surface area contributed by atoms with Gasteiger partial charge in [0.15, 0.2) is 5.82 Å². The van der Waals surface area contributed by atoms with E-state index in [-0.39, 0.29) is 5.56 Å². The first-order chi connectivity index (χ1) is 10.1. The van der Waals surface area contributed by atoms with Gasteiger partial charge in [0.25, 0.3) is 5.56 Å². The van der Waals surface area contributed by atoms with Crippen molar-refractivity contribution in [3.8, 4) is 0 Å². The fraction of sp³-hybridized carbons (Fsp3) is 0.750. The van der Waals surface area contributed by atoms with Gasteiger partial charge in [-0.1, -0.05) is 13.8 Å². The number of aromatic nitrogens is 2. The fourth-order valence-corrected chi connectivity index (χ4v) is 3.14. The molecule has 0 amide bonds. The van der Waals surface area contributed by atoms with Crippen LogP contribution in [-0.4, -0.2) is 35.2 Å². The van der Waals surface area contributed by atoms with E-state index in [2.05, 4.69) is 29.0 Å². The van der Waals surface area contributed by atoms with E-state index in [1.807, 2.05) is 10.8 Å². The Morgan fingerprint density at radius 3 is 2.86 bits per heavy atom. The number of anilines is 1. The van der Waals surface area contributed by atoms with Crippen molar-refractivity contribution in [3.05, 3.63) is 22.7 Å². The summed E-state index contributed by atoms with van der Waals surface area (Å²) in [6.45, 7) is 7.24. The summed E-state index contributed by atoms with van der Waals surface area (Å²) in [5.74, 6) is 1.15. The highest BCUT2D eigenvalue weighted by atomic mass is 16.1. The van der Waals surface area contributed by atoms with Crippen LogP contribution in [0.2, 0.25) is 0 Å². The molecule has 1 saturated heterocycles. The number of hydrogen-bond donors (Lipinski definition) is 1. The van der Waals surface area contributed by atoms with Crippen LogP contribution >= 0.6 is 0 Å². The lowest BCUT2D eigenvalue weighted by Gasteiger charge is -2.28. The Morgan fingerprint density at radius 2 is 2.24 bits per heavy atom. The molecule has 1 aliphatic heterocycles. The lowest BCUT2D eigenvalue weighted by molar-refractivity contribution is 0.533. The van der Waals surface area contributed by atoms with E-state index >= 15 is 0 Å². The van der Waals surface area contributed by atoms with Crippen LogP contribution in [0.4, 0.5) is 5.82 Å². The summed E-state index contributed by atoms with van der Waals surface area (Å²) in [6.07, 6.45) is 8.29. The Balaban J connectivity index is 1.84. The molecule has 2 aliphatic rings. The molecule has 1 saturated carbocycles. The molecule has 1 aromatic heterocycles. The molecule has 116 valence electrons. The Morgan fingerprint density at radius 1 is 1.43 bits per heavy atom. The van der Waals surface area contributed by atoms with Crippen LogP contribution in [0.5, 0.6) is 0 Å². The third-order valence-corrected chi connectivity index (χ3v) is 4.28. The van der Waals surface area contributed by atoms with Crippen LogP contribution in [0.15, 0.2) is 17.2 Å². The molecule has 1 N–H and O–H groups in total. The second-order valence-electron chi connectivity index (χ2n) is 6.79. The number of nitrogens with one attached hydrogen (secondary N) is 1. The van der Waals surface area contributed by atoms with Crippen molar-refractivity contribution in [2.24, 2.45) is 5.92 Å². The maximum absolute atomic E-state index is 12.7. The van der Waals surface area contributed by atoms with Gasteiger partial charge in [0.2, 0.25) is 0 Å². The first-order valence-corrected chi connectivity index (χ1v) is 8.20. The molecule has 1 unspecified atom stereocenters. The van der Waals surface area contributed by atoms with Crippen molar-refractivity contribution >= 4 is 5.82 Å². The van der Waals surface area contributed by atoms with Crippen LogP contribution < -0.4 is 15.8 Å². The molecule has 5 heteroatoms. The molecule has 3 rings (SSSR count). The normalized spacial score (nSPS) is 22.0. The first kappa shape index (κ1) is 14.6. The van der Waals surface area contributed by atoms with Gasteiger partial charge in [0.1, 0.15) is 0 Å². The smallest absolute Gasteiger partial charge is 0.293 e. The highest BCUT2D eigenvalue weighted by molar-refractivity contribution is 5.36. The number of rotatable bonds is 6. The Kier molecular flexibility index (Phi) is 4.29. The molecule has 21 heavy (non-hydrogen) atoms. The number of nitrogens with zero attached hydrogens (tertiary/aromatic N) is 3. The van der Waals surface area contributed by atoms with E-state index in [0.29, 0.717) is 23.8 Å². The lowest BCUT2D eigenvalue weighted by atomic mass is 10.1. The molecule has 1 atom stereocenters. The van der Waals surface area contributed by atoms with Gasteiger partial charge >= 0.3 is 0 Å². The van der Waals surface area contributed by atoms with E-state index in [0.717, 1.165) is 32.5 Å². The summed E-state index contributed by atoms with van der Waals surface area (Å²) in [6, 6.07) is 0.893. The van der Waals surface area contributed by atoms with Crippen LogP contribution in [0.1, 0.15) is 45.6 Å². The fourth-order valence-electron chi connectivity index (χ4n) is 3.14. The summed E-state index contributed by atoms with van der Waals surface area (Å²) in [5.41, 5.74) is 0.0821. The Labute approximate surface area is 126 Å². The second kappa shape index (κ2) is 6.18. The molecule has 2 fully saturated rings. The van der Waals surface area contributed by atoms with Crippen LogP contribution in [0, 0.1) is 5.92 Å². The predicted octanol–water partition coefficient (Wildman–Crippen LogP) is 1.79. The highest BCUT2D eigenvalue weighted by Gasteiger charge is 2.27. The third kappa shape index (κ3) is 3.46. The molecule has 0 radical (unpaired) electrons. The minimum absolute atomic E-state index is 0.0821. The van der Waals surface area contributed by atoms with Gasteiger partial charge in [0.05, 0.1) is 0 Å². The van der Waals surface area contributed by atoms with Crippen molar-refractivity contribution in [1.29, 1.82) is 0 Å². The van der Waals surface area contributed by atoms with Gasteiger partial charge in [0, 0.05) is 37.6 Å². The van der Waals surface area contributed by atoms with Crippen LogP contribution in [0.3, 0.4) is 0 Å². The second-order valence-corrected chi connectivity index (χ2v) is 6.79. The average molecular weight is 290 g/mol. The molecule has 1 aliphatic carbocycles. The van der Waals surface area contributed by atoms with Gasteiger partial charge in [-0.05, 0) is 38.1 Å². The van der Waals surface area contributed by atoms with Crippen molar-refractivity contribution < 1.29 is 0 Å². The molecule has 2 heterocycles. The predicted molar refractivity (Wildman–Crippen MR) is 84.8 cm³/mol. The van der Waals surface area contributed by atoms with Crippen LogP contribution in [-0.2, 0) is 0 Å². The molecule has 0 bridgehead atoms. The minimum atomic E-state index is 0.0821. The molecule has 0 aromatic carbocycles. The van der Waals surface area contributed by atoms with Crippen molar-refractivity contribution in [2.45, 2.75) is 51.6 Å². The number of hydrogen-bond acceptors (Lipinski definition) is 4. The first-order valence-electron chi connectivity index (χ1n) is 8.20. The zero-order valence-corrected chi connectivity index (χ0v) is 13.1. The van der Waals surface area contributed by atoms with Crippen molar-refractivity contribution in [2.75, 3.05) is 24.5 Å². The molecular weight excluding hydrogens is 264 g/mol. The highest BCUT2D eigenvalue weighted by Crippen LogP contribution is 2.33. The molecular formula is C16H26N4O. The lowest BCUT2D eigenvalue weighted by Crippen LogP contribution is -2.43. The molecule has 5 nitrogen and oxygen atoms in total. The van der Waals surface area contributed by atoms with Crippen molar-refractivity contribution in [3.63, 3.8) is 0 Å². The van der Waals surface area contributed by atoms with E-state index < -0.39 is 0 Å². The topological polar surface area (TPSA) is 50.2 Å². The summed E-state index contributed by atoms with van der Waals surface area (Å²) < 4.78 is 1.87. The summed E-state index contributed by atoms with van der Waals surface area (Å²) in [7, 11) is 0. The van der Waals surface area contributed by atoms with E-state index in [9.17, 15) is 4.79 Å². The van der Waals surface area contributed by atoms with E-state index in [1.54, 1.807) is 6.20 Å². The zero-order valence-electron chi connectivity index (χ0n) is 13.1. The van der Waals surface area contributed by atoms with Gasteiger partial charge in [-0.15, -0.1) is 0 Å². The minimum Gasteiger partial charge on any atom is -0.350 e. The molecule has 0 spiro atoms. The standard InChI is InChI=1S/C16H26N4O/c1-12(2)10-19(11-13-4-3-7-17-13)15-16(21)20(9-8-18-15)14-5-6-14/h8-9,12-14,17H,3-7,10-11H2,1-2H3. The summed E-state index contributed by atoms with van der Waals surface area (Å²) >= 11 is 0. The van der Waals surface area contributed by atoms with Crippen molar-refractivity contribution in [1.82, 2.24) is 14.9 Å². The Hall–Kier alpha value is -1.36. The van der Waals surface area contributed by atoms with E-state index in [1.165, 1.54) is 12.8 Å². The zero-order chi connectivity index (χ0) is 14.8. The van der Waals surface area contributed by atoms with Gasteiger partial charge < -0.3 is 14.8 Å². The largest absolute Gasteiger partial charge is 0.350 e. The van der Waals surface area contributed by atoms with Gasteiger partial charge in [-0.2, -0.15) is 0 Å². The van der Waals surface area contributed by atoms with E-state index in [4.69, 9.17) is 0 Å². The third-order valence-electron chi connectivity index (χ3n) is 4.28. The monoisotopic (exact) mass is 290 g/mol. The SMILES string of the molecule is CC(C)CN(CC1CCCN1)c1nccn(C2CC2)c1=O. The maximum Gasteiger partial charge on any atom is 0.293 e. The average Bonchev–Trinajstić information content (AvgIpc) is 3.15.